The van der Waals surface area contributed by atoms with Crippen molar-refractivity contribution in [2.45, 2.75) is 30.7 Å². The number of hydrogen-bond donors (Lipinski definition) is 15. The maximum Gasteiger partial charge on any atom is 0.340 e. The monoisotopic (exact) mass is 940 g/mol. The average Bonchev–Trinajstić information content (AvgIpc) is 3.27. The van der Waals surface area contributed by atoms with Crippen molar-refractivity contribution < 1.29 is 129 Å². The Hall–Kier alpha value is -9.59. The summed E-state index contributed by atoms with van der Waals surface area (Å²) < 4.78 is 33.2. The second-order valence-corrected chi connectivity index (χ2v) is 14.0. The van der Waals surface area contributed by atoms with Crippen molar-refractivity contribution in [1.29, 1.82) is 0 Å². The van der Waals surface area contributed by atoms with E-state index in [-0.39, 0.29) is 0 Å². The van der Waals surface area contributed by atoms with E-state index in [4.69, 9.17) is 28.4 Å². The van der Waals surface area contributed by atoms with E-state index in [9.17, 15) is 101 Å². The van der Waals surface area contributed by atoms with E-state index in [2.05, 4.69) is 0 Å². The molecule has 1 heterocycles. The summed E-state index contributed by atoms with van der Waals surface area (Å²) in [6.45, 7) is -1.25. The van der Waals surface area contributed by atoms with Gasteiger partial charge in [-0.3, -0.25) is 0 Å². The molecule has 5 aromatic rings. The summed E-state index contributed by atoms with van der Waals surface area (Å²) in [7, 11) is 0. The van der Waals surface area contributed by atoms with E-state index in [1.807, 2.05) is 0 Å². The number of carbonyl (C=O) groups excluding carboxylic acids is 5. The largest absolute Gasteiger partial charge is 0.504 e. The first kappa shape index (κ1) is 46.9. The third kappa shape index (κ3) is 9.67. The highest BCUT2D eigenvalue weighted by molar-refractivity contribution is 5.94. The molecule has 5 atom stereocenters. The van der Waals surface area contributed by atoms with Crippen LogP contribution in [0.3, 0.4) is 0 Å². The molecule has 0 bridgehead atoms. The van der Waals surface area contributed by atoms with Crippen LogP contribution in [0, 0.1) is 0 Å². The first-order valence-corrected chi connectivity index (χ1v) is 18.4. The van der Waals surface area contributed by atoms with Gasteiger partial charge >= 0.3 is 29.8 Å². The zero-order chi connectivity index (χ0) is 49.3. The first-order chi connectivity index (χ1) is 31.4. The number of carbonyl (C=O) groups is 5. The van der Waals surface area contributed by atoms with E-state index in [0.717, 1.165) is 0 Å². The Morgan fingerprint density at radius 1 is 0.343 bits per heavy atom. The van der Waals surface area contributed by atoms with E-state index < -0.39 is 181 Å². The van der Waals surface area contributed by atoms with E-state index in [0.29, 0.717) is 60.7 Å². The minimum absolute atomic E-state index is 0.534. The molecule has 6 rings (SSSR count). The SMILES string of the molecule is O=C(OCC1O[C@@H](OC(=O)c2cc(O)c(O)c(O)c2)C(OC(=O)c2cc(O)c(O)c(O)c2)C(OC(=O)c2cc(O)c(O)c(O)c2)C1OC(=O)c1cc(O)c(O)c(O)c1)c1cc(O)c(O)c(O)c1. The molecule has 0 amide bonds. The zero-order valence-corrected chi connectivity index (χ0v) is 33.1. The minimum atomic E-state index is -2.56. The normalized spacial score (nSPS) is 17.7. The van der Waals surface area contributed by atoms with Crippen LogP contribution in [0.1, 0.15) is 51.8 Å². The molecule has 1 aliphatic heterocycles. The Balaban J connectivity index is 1.52. The number of aromatic hydroxyl groups is 15. The molecule has 352 valence electrons. The fraction of sp³-hybridized carbons (Fsp3) is 0.146. The Morgan fingerprint density at radius 2 is 0.582 bits per heavy atom. The van der Waals surface area contributed by atoms with Gasteiger partial charge in [0.25, 0.3) is 0 Å². The molecule has 0 radical (unpaired) electrons. The van der Waals surface area contributed by atoms with Gasteiger partial charge in [-0.2, -0.15) is 0 Å². The second-order valence-electron chi connectivity index (χ2n) is 14.0. The van der Waals surface area contributed by atoms with Gasteiger partial charge in [-0.25, -0.2) is 24.0 Å². The third-order valence-corrected chi connectivity index (χ3v) is 9.45. The molecular weight excluding hydrogens is 908 g/mol. The molecule has 1 saturated heterocycles. The summed E-state index contributed by atoms with van der Waals surface area (Å²) in [4.78, 5) is 68.5. The summed E-state index contributed by atoms with van der Waals surface area (Å²) in [6.07, 6.45) is -12.2. The number of benzene rings is 5. The number of hydrogen-bond acceptors (Lipinski definition) is 26. The lowest BCUT2D eigenvalue weighted by Crippen LogP contribution is -2.63. The molecule has 0 aromatic heterocycles. The molecule has 4 unspecified atom stereocenters. The first-order valence-electron chi connectivity index (χ1n) is 18.4. The van der Waals surface area contributed by atoms with Gasteiger partial charge in [0.1, 0.15) is 12.7 Å². The maximum absolute atomic E-state index is 13.9. The van der Waals surface area contributed by atoms with Crippen LogP contribution >= 0.6 is 0 Å². The lowest BCUT2D eigenvalue weighted by molar-refractivity contribution is -0.282. The lowest BCUT2D eigenvalue weighted by atomic mass is 9.97. The summed E-state index contributed by atoms with van der Waals surface area (Å²) in [5, 5.41) is 150. The van der Waals surface area contributed by atoms with Crippen molar-refractivity contribution in [2.24, 2.45) is 0 Å². The quantitative estimate of drug-likeness (QED) is 0.0509. The smallest absolute Gasteiger partial charge is 0.340 e. The number of phenols is 15. The molecule has 0 spiro atoms. The third-order valence-electron chi connectivity index (χ3n) is 9.45. The Bertz CT molecular complexity index is 2720. The fourth-order valence-electron chi connectivity index (χ4n) is 6.11. The fourth-order valence-corrected chi connectivity index (χ4v) is 6.11. The second kappa shape index (κ2) is 18.3. The van der Waals surface area contributed by atoms with Gasteiger partial charge in [-0.05, 0) is 60.7 Å². The van der Waals surface area contributed by atoms with Crippen LogP contribution < -0.4 is 0 Å². The van der Waals surface area contributed by atoms with Crippen LogP contribution in [0.4, 0.5) is 0 Å². The zero-order valence-electron chi connectivity index (χ0n) is 33.1. The van der Waals surface area contributed by atoms with Gasteiger partial charge in [-0.15, -0.1) is 0 Å². The molecule has 0 saturated carbocycles. The van der Waals surface area contributed by atoms with Gasteiger partial charge < -0.3 is 105 Å². The highest BCUT2D eigenvalue weighted by Gasteiger charge is 2.55. The highest BCUT2D eigenvalue weighted by Crippen LogP contribution is 2.41. The van der Waals surface area contributed by atoms with Crippen molar-refractivity contribution in [1.82, 2.24) is 0 Å². The van der Waals surface area contributed by atoms with Crippen molar-refractivity contribution in [3.05, 3.63) is 88.5 Å². The Kier molecular flexibility index (Phi) is 12.8. The number of rotatable bonds is 11. The molecular formula is C41H32O26. The van der Waals surface area contributed by atoms with Gasteiger partial charge in [0.15, 0.2) is 98.5 Å². The summed E-state index contributed by atoms with van der Waals surface area (Å²) in [6, 6.07) is 5.60. The van der Waals surface area contributed by atoms with Crippen LogP contribution in [0.2, 0.25) is 0 Å². The molecule has 1 fully saturated rings. The number of phenolic OH excluding ortho intramolecular Hbond substituents is 15. The summed E-state index contributed by atoms with van der Waals surface area (Å²) >= 11 is 0. The summed E-state index contributed by atoms with van der Waals surface area (Å²) in [5.41, 5.74) is -3.88. The standard InChI is InChI=1S/C41H32O26/c42-17-1-12(2-18(43)28(17)52)36(57)62-11-27-33(64-37(58)13-3-19(44)29(53)20(45)4-13)34(65-38(59)14-5-21(46)30(54)22(47)6-14)35(66-39(60)15-7-23(48)31(55)24(49)8-15)41(63-27)67-40(61)16-9-25(50)32(56)26(51)10-16/h1-10,27,33-35,41-56H,11H2/t27?,33?,34?,35?,41-/m0/s1. The van der Waals surface area contributed by atoms with Crippen LogP contribution in [0.25, 0.3) is 0 Å². The van der Waals surface area contributed by atoms with Crippen LogP contribution in [-0.4, -0.2) is 144 Å². The highest BCUT2D eigenvalue weighted by atomic mass is 16.7. The van der Waals surface area contributed by atoms with Crippen LogP contribution in [0.15, 0.2) is 60.7 Å². The lowest BCUT2D eigenvalue weighted by Gasteiger charge is -2.43. The van der Waals surface area contributed by atoms with Gasteiger partial charge in [0, 0.05) is 0 Å². The van der Waals surface area contributed by atoms with E-state index >= 15 is 0 Å². The number of esters is 5. The predicted octanol–water partition coefficient (Wildman–Crippen LogP) is 1.69. The Morgan fingerprint density at radius 3 is 0.881 bits per heavy atom. The van der Waals surface area contributed by atoms with E-state index in [1.54, 1.807) is 0 Å². The van der Waals surface area contributed by atoms with Crippen molar-refractivity contribution in [3.8, 4) is 86.2 Å². The van der Waals surface area contributed by atoms with Gasteiger partial charge in [0.05, 0.1) is 27.8 Å². The number of ether oxygens (including phenoxy) is 6. The van der Waals surface area contributed by atoms with Crippen molar-refractivity contribution >= 4 is 29.8 Å². The molecule has 0 aliphatic carbocycles. The van der Waals surface area contributed by atoms with E-state index in [1.165, 1.54) is 0 Å². The van der Waals surface area contributed by atoms with Crippen molar-refractivity contribution in [3.63, 3.8) is 0 Å². The van der Waals surface area contributed by atoms with Gasteiger partial charge in [0.2, 0.25) is 12.4 Å². The van der Waals surface area contributed by atoms with Gasteiger partial charge in [-0.1, -0.05) is 0 Å². The molecule has 26 nitrogen and oxygen atoms in total. The molecule has 26 heteroatoms. The molecule has 67 heavy (non-hydrogen) atoms. The van der Waals surface area contributed by atoms with Crippen LogP contribution in [-0.2, 0) is 28.4 Å². The molecule has 5 aromatic carbocycles. The topological polar surface area (TPSA) is 444 Å². The average molecular weight is 941 g/mol. The Labute approximate surface area is 370 Å². The van der Waals surface area contributed by atoms with Crippen molar-refractivity contribution in [2.75, 3.05) is 6.61 Å². The van der Waals surface area contributed by atoms with Crippen LogP contribution in [0.5, 0.6) is 86.2 Å². The molecule has 15 N–H and O–H groups in total. The molecule has 1 aliphatic rings. The minimum Gasteiger partial charge on any atom is -0.504 e. The maximum atomic E-state index is 13.9. The predicted molar refractivity (Wildman–Crippen MR) is 209 cm³/mol. The summed E-state index contributed by atoms with van der Waals surface area (Å²) in [5.74, 6) is -24.5.